The number of nitrogens with one attached hydrogen (secondary N) is 2. The molecule has 2 aliphatic heterocycles. The highest BCUT2D eigenvalue weighted by molar-refractivity contribution is 6.07. The third-order valence-electron chi connectivity index (χ3n) is 6.20. The van der Waals surface area contributed by atoms with Crippen LogP contribution in [-0.4, -0.2) is 35.8 Å². The van der Waals surface area contributed by atoms with E-state index in [9.17, 15) is 14.4 Å². The van der Waals surface area contributed by atoms with E-state index in [1.807, 2.05) is 30.3 Å². The number of ether oxygens (including phenoxy) is 1. The number of hydrogen-bond acceptors (Lipinski definition) is 4. The zero-order valence-electron chi connectivity index (χ0n) is 18.2. The number of nitrogens with zero attached hydrogens (tertiary/aromatic N) is 1. The van der Waals surface area contributed by atoms with Gasteiger partial charge in [-0.3, -0.25) is 14.4 Å². The van der Waals surface area contributed by atoms with E-state index in [2.05, 4.69) is 17.2 Å². The van der Waals surface area contributed by atoms with Gasteiger partial charge in [-0.1, -0.05) is 18.7 Å². The van der Waals surface area contributed by atoms with Gasteiger partial charge in [-0.2, -0.15) is 0 Å². The quantitative estimate of drug-likeness (QED) is 0.644. The van der Waals surface area contributed by atoms with E-state index in [-0.39, 0.29) is 17.7 Å². The standard InChI is InChI=1S/C26H23N3O4/c1-15-3-10-23(25(31)27-15)29-14-19-12-20(7-9-22(19)26(29)32)28-24(30)18-5-4-17-13-21(33-2)8-6-16(17)11-18/h4-9,11-13,23H,1,3,10,14H2,2H3,(H,27,31)(H,28,30)/t23-/m0/s1. The fourth-order valence-corrected chi connectivity index (χ4v) is 4.43. The third kappa shape index (κ3) is 3.82. The first-order valence-corrected chi connectivity index (χ1v) is 10.7. The van der Waals surface area contributed by atoms with Crippen LogP contribution in [0.3, 0.4) is 0 Å². The van der Waals surface area contributed by atoms with Crippen molar-refractivity contribution in [2.24, 2.45) is 0 Å². The van der Waals surface area contributed by atoms with Crippen molar-refractivity contribution in [2.75, 3.05) is 12.4 Å². The van der Waals surface area contributed by atoms with Crippen LogP contribution in [0.25, 0.3) is 10.8 Å². The second kappa shape index (κ2) is 8.09. The molecule has 0 aromatic heterocycles. The van der Waals surface area contributed by atoms with Crippen molar-refractivity contribution < 1.29 is 19.1 Å². The van der Waals surface area contributed by atoms with Gasteiger partial charge in [0.05, 0.1) is 7.11 Å². The van der Waals surface area contributed by atoms with Crippen LogP contribution < -0.4 is 15.4 Å². The molecule has 3 amide bonds. The summed E-state index contributed by atoms with van der Waals surface area (Å²) in [6, 6.07) is 15.9. The van der Waals surface area contributed by atoms with Gasteiger partial charge in [0.1, 0.15) is 11.8 Å². The maximum atomic E-state index is 12.9. The molecule has 2 aliphatic rings. The highest BCUT2D eigenvalue weighted by atomic mass is 16.5. The highest BCUT2D eigenvalue weighted by Gasteiger charge is 2.38. The molecule has 5 rings (SSSR count). The molecule has 3 aromatic carbocycles. The minimum Gasteiger partial charge on any atom is -0.497 e. The first-order valence-electron chi connectivity index (χ1n) is 10.7. The number of fused-ring (bicyclic) bond motifs is 2. The summed E-state index contributed by atoms with van der Waals surface area (Å²) in [5, 5.41) is 7.57. The summed E-state index contributed by atoms with van der Waals surface area (Å²) in [5.41, 5.74) is 3.17. The number of amides is 3. The first-order chi connectivity index (χ1) is 15.9. The number of carbonyl (C=O) groups is 3. The van der Waals surface area contributed by atoms with Crippen LogP contribution in [0.1, 0.15) is 39.1 Å². The molecule has 7 nitrogen and oxygen atoms in total. The normalized spacial score (nSPS) is 17.7. The number of methoxy groups -OCH3 is 1. The van der Waals surface area contributed by atoms with Crippen LogP contribution in [0, 0.1) is 0 Å². The molecular formula is C26H23N3O4. The molecule has 0 saturated carbocycles. The van der Waals surface area contributed by atoms with Gasteiger partial charge in [0.15, 0.2) is 0 Å². The van der Waals surface area contributed by atoms with E-state index in [4.69, 9.17) is 4.74 Å². The van der Waals surface area contributed by atoms with Gasteiger partial charge >= 0.3 is 0 Å². The number of anilines is 1. The summed E-state index contributed by atoms with van der Waals surface area (Å²) in [6.07, 6.45) is 1.21. The largest absolute Gasteiger partial charge is 0.497 e. The van der Waals surface area contributed by atoms with Gasteiger partial charge < -0.3 is 20.3 Å². The Morgan fingerprint density at radius 1 is 1.09 bits per heavy atom. The summed E-state index contributed by atoms with van der Waals surface area (Å²) in [6.45, 7) is 4.13. The van der Waals surface area contributed by atoms with E-state index in [0.717, 1.165) is 22.1 Å². The number of rotatable bonds is 4. The molecule has 2 N–H and O–H groups in total. The summed E-state index contributed by atoms with van der Waals surface area (Å²) in [7, 11) is 1.62. The molecule has 0 bridgehead atoms. The van der Waals surface area contributed by atoms with Crippen LogP contribution in [0.4, 0.5) is 5.69 Å². The fourth-order valence-electron chi connectivity index (χ4n) is 4.43. The molecule has 0 aliphatic carbocycles. The molecular weight excluding hydrogens is 418 g/mol. The maximum absolute atomic E-state index is 12.9. The average molecular weight is 441 g/mol. The van der Waals surface area contributed by atoms with Gasteiger partial charge in [-0.25, -0.2) is 0 Å². The van der Waals surface area contributed by atoms with Crippen molar-refractivity contribution >= 4 is 34.2 Å². The average Bonchev–Trinajstić information content (AvgIpc) is 3.13. The Balaban J connectivity index is 1.33. The van der Waals surface area contributed by atoms with Crippen LogP contribution in [0.2, 0.25) is 0 Å². The molecule has 1 atom stereocenters. The molecule has 2 heterocycles. The highest BCUT2D eigenvalue weighted by Crippen LogP contribution is 2.30. The number of piperidine rings is 1. The van der Waals surface area contributed by atoms with Crippen molar-refractivity contribution in [3.05, 3.63) is 83.6 Å². The minimum absolute atomic E-state index is 0.166. The fraction of sp³-hybridized carbons (Fsp3) is 0.192. The monoisotopic (exact) mass is 441 g/mol. The van der Waals surface area contributed by atoms with E-state index in [0.29, 0.717) is 41.9 Å². The molecule has 3 aromatic rings. The van der Waals surface area contributed by atoms with Gasteiger partial charge in [0.25, 0.3) is 11.8 Å². The zero-order valence-corrected chi connectivity index (χ0v) is 18.2. The molecule has 0 unspecified atom stereocenters. The smallest absolute Gasteiger partial charge is 0.255 e. The van der Waals surface area contributed by atoms with Crippen LogP contribution >= 0.6 is 0 Å². The second-order valence-electron chi connectivity index (χ2n) is 8.33. The molecule has 33 heavy (non-hydrogen) atoms. The van der Waals surface area contributed by atoms with Crippen LogP contribution in [0.15, 0.2) is 66.9 Å². The second-order valence-corrected chi connectivity index (χ2v) is 8.33. The lowest BCUT2D eigenvalue weighted by Gasteiger charge is -2.30. The van der Waals surface area contributed by atoms with E-state index in [1.54, 1.807) is 36.3 Å². The molecule has 166 valence electrons. The molecule has 7 heteroatoms. The lowest BCUT2D eigenvalue weighted by atomic mass is 10.0. The van der Waals surface area contributed by atoms with Crippen LogP contribution in [-0.2, 0) is 11.3 Å². The predicted octanol–water partition coefficient (Wildman–Crippen LogP) is 3.85. The van der Waals surface area contributed by atoms with Crippen molar-refractivity contribution in [1.82, 2.24) is 10.2 Å². The molecule has 1 saturated heterocycles. The van der Waals surface area contributed by atoms with Crippen molar-refractivity contribution in [3.63, 3.8) is 0 Å². The number of allylic oxidation sites excluding steroid dienone is 1. The van der Waals surface area contributed by atoms with Crippen LogP contribution in [0.5, 0.6) is 5.75 Å². The Hall–Kier alpha value is -4.13. The summed E-state index contributed by atoms with van der Waals surface area (Å²) >= 11 is 0. The maximum Gasteiger partial charge on any atom is 0.255 e. The Morgan fingerprint density at radius 2 is 1.88 bits per heavy atom. The number of hydrogen-bond donors (Lipinski definition) is 2. The van der Waals surface area contributed by atoms with Crippen molar-refractivity contribution in [2.45, 2.75) is 25.4 Å². The Morgan fingerprint density at radius 3 is 2.67 bits per heavy atom. The number of benzene rings is 3. The Kier molecular flexibility index (Phi) is 5.09. The Labute approximate surface area is 191 Å². The van der Waals surface area contributed by atoms with E-state index < -0.39 is 6.04 Å². The van der Waals surface area contributed by atoms with Gasteiger partial charge in [0.2, 0.25) is 5.91 Å². The summed E-state index contributed by atoms with van der Waals surface area (Å²) < 4.78 is 5.25. The molecule has 1 fully saturated rings. The third-order valence-corrected chi connectivity index (χ3v) is 6.20. The summed E-state index contributed by atoms with van der Waals surface area (Å²) in [4.78, 5) is 39.7. The Bertz CT molecular complexity index is 1330. The number of carbonyl (C=O) groups excluding carboxylic acids is 3. The lowest BCUT2D eigenvalue weighted by molar-refractivity contribution is -0.126. The summed E-state index contributed by atoms with van der Waals surface area (Å²) in [5.74, 6) is 0.159. The van der Waals surface area contributed by atoms with E-state index >= 15 is 0 Å². The van der Waals surface area contributed by atoms with E-state index in [1.165, 1.54) is 0 Å². The zero-order chi connectivity index (χ0) is 23.1. The SMILES string of the molecule is C=C1CC[C@H](N2Cc3cc(NC(=O)c4ccc5cc(OC)ccc5c4)ccc3C2=O)C(=O)N1. The molecule has 0 radical (unpaired) electrons. The minimum atomic E-state index is -0.510. The lowest BCUT2D eigenvalue weighted by Crippen LogP contribution is -2.49. The van der Waals surface area contributed by atoms with Crippen molar-refractivity contribution in [3.8, 4) is 5.75 Å². The predicted molar refractivity (Wildman–Crippen MR) is 125 cm³/mol. The topological polar surface area (TPSA) is 87.7 Å². The first kappa shape index (κ1) is 20.8. The van der Waals surface area contributed by atoms with Gasteiger partial charge in [-0.05, 0) is 71.6 Å². The van der Waals surface area contributed by atoms with Gasteiger partial charge in [-0.15, -0.1) is 0 Å². The molecule has 0 spiro atoms. The van der Waals surface area contributed by atoms with Crippen molar-refractivity contribution in [1.29, 1.82) is 0 Å². The van der Waals surface area contributed by atoms with Gasteiger partial charge in [0, 0.05) is 29.1 Å².